The van der Waals surface area contributed by atoms with E-state index in [1.165, 1.54) is 16.3 Å². The van der Waals surface area contributed by atoms with E-state index in [9.17, 15) is 49.9 Å². The van der Waals surface area contributed by atoms with Gasteiger partial charge in [0.15, 0.2) is 25.6 Å². The monoisotopic (exact) mass is 1210 g/mol. The topological polar surface area (TPSA) is 251 Å². The Hall–Kier alpha value is -5.47. The number of rotatable bonds is 24. The standard InChI is InChI=1S/C19H35NO6.C19H35NO5.C17H25NO3.C12H17NO/c1-8-17(2,3)16(23)26-12-14(21)11-25-15(22)13-9-18(4,5)20(24)19(6,7)10-13;1-8-17(2,3)16(22)24-11-9-10-15(21)25-14-12-18(4,5)20(23)19(6,7)13-14;1-6-16(2,3)15(19)21-13-17(4,5)18(20)12-14-10-8-7-9-11-14;1-3-11(2)9-13(14)10-12-7-5-4-6-8-12/h13-14,21,24H,8-12H2,1-7H3;14,23H,8-13H2,1-7H3;7-12H,6,13H2,1-5H3;4-8,10-11H,3,9H2,1-2H3/b;;18-12-;13-10-. The second kappa shape index (κ2) is 34.3. The Morgan fingerprint density at radius 3 is 1.44 bits per heavy atom. The molecule has 2 aliphatic heterocycles. The number of nitrogens with zero attached hydrogens (tertiary/aromatic N) is 4. The van der Waals surface area contributed by atoms with Crippen LogP contribution in [0.5, 0.6) is 0 Å². The van der Waals surface area contributed by atoms with E-state index in [1.807, 2.05) is 165 Å². The molecule has 2 unspecified atom stereocenters. The summed E-state index contributed by atoms with van der Waals surface area (Å²) in [6.45, 7) is 40.1. The zero-order valence-electron chi connectivity index (χ0n) is 56.4. The Kier molecular flexibility index (Phi) is 31.4. The molecule has 2 aromatic rings. The molecular formula is C67H112N4O15. The van der Waals surface area contributed by atoms with E-state index in [4.69, 9.17) is 23.7 Å². The van der Waals surface area contributed by atoms with Gasteiger partial charge >= 0.3 is 29.8 Å². The minimum absolute atomic E-state index is 0.0576. The highest BCUT2D eigenvalue weighted by molar-refractivity contribution is 5.78. The van der Waals surface area contributed by atoms with Gasteiger partial charge in [-0.1, -0.05) is 71.0 Å². The summed E-state index contributed by atoms with van der Waals surface area (Å²) in [5, 5.41) is 56.8. The highest BCUT2D eigenvalue weighted by atomic mass is 16.6. The fourth-order valence-corrected chi connectivity index (χ4v) is 9.21. The molecule has 0 radical (unpaired) electrons. The smallest absolute Gasteiger partial charge is 0.311 e. The van der Waals surface area contributed by atoms with Crippen LogP contribution < -0.4 is 0 Å². The van der Waals surface area contributed by atoms with E-state index in [0.717, 1.165) is 27.0 Å². The number of aliphatic hydroxyl groups excluding tert-OH is 1. The second-order valence-corrected chi connectivity index (χ2v) is 28.2. The Morgan fingerprint density at radius 1 is 0.616 bits per heavy atom. The number of carbonyl (C=O) groups excluding carboxylic acids is 5. The van der Waals surface area contributed by atoms with Crippen LogP contribution in [0, 0.1) is 38.5 Å². The highest BCUT2D eigenvalue weighted by Gasteiger charge is 2.48. The largest absolute Gasteiger partial charge is 0.624 e. The summed E-state index contributed by atoms with van der Waals surface area (Å²) in [5.41, 5.74) is -2.64. The molecule has 3 N–H and O–H groups in total. The Bertz CT molecular complexity index is 2430. The molecule has 2 aromatic carbocycles. The van der Waals surface area contributed by atoms with Gasteiger partial charge in [-0.3, -0.25) is 24.0 Å². The van der Waals surface area contributed by atoms with Crippen LogP contribution in [-0.2, 0) is 47.7 Å². The van der Waals surface area contributed by atoms with E-state index < -0.39 is 56.0 Å². The van der Waals surface area contributed by atoms with Crippen LogP contribution >= 0.6 is 0 Å². The molecule has 0 spiro atoms. The molecular weight excluding hydrogens is 1100 g/mol. The maximum Gasteiger partial charge on any atom is 0.311 e. The van der Waals surface area contributed by atoms with Gasteiger partial charge in [-0.15, -0.1) is 0 Å². The van der Waals surface area contributed by atoms with Crippen molar-refractivity contribution in [3.8, 4) is 0 Å². The lowest BCUT2D eigenvalue weighted by Crippen LogP contribution is -2.60. The molecule has 19 nitrogen and oxygen atoms in total. The van der Waals surface area contributed by atoms with Gasteiger partial charge in [-0.25, -0.2) is 9.48 Å². The first-order valence-corrected chi connectivity index (χ1v) is 30.7. The normalized spacial score (nSPS) is 18.2. The van der Waals surface area contributed by atoms with Crippen LogP contribution in [0.2, 0.25) is 0 Å². The van der Waals surface area contributed by atoms with Gasteiger partial charge < -0.3 is 49.6 Å². The van der Waals surface area contributed by atoms with Crippen molar-refractivity contribution < 1.29 is 72.7 Å². The van der Waals surface area contributed by atoms with Crippen molar-refractivity contribution in [3.63, 3.8) is 0 Å². The number of hydrogen-bond acceptors (Lipinski definition) is 17. The summed E-state index contributed by atoms with van der Waals surface area (Å²) >= 11 is 0. The van der Waals surface area contributed by atoms with Crippen molar-refractivity contribution in [2.75, 3.05) is 33.0 Å². The minimum Gasteiger partial charge on any atom is -0.624 e. The first-order valence-electron chi connectivity index (χ1n) is 30.7. The van der Waals surface area contributed by atoms with Crippen molar-refractivity contribution in [3.05, 3.63) is 82.2 Å². The Balaban J connectivity index is 0.000000585. The number of piperidine rings is 2. The van der Waals surface area contributed by atoms with Crippen LogP contribution in [0.4, 0.5) is 0 Å². The summed E-state index contributed by atoms with van der Waals surface area (Å²) in [7, 11) is 0. The molecule has 0 amide bonds. The maximum atomic E-state index is 12.4. The van der Waals surface area contributed by atoms with Crippen molar-refractivity contribution in [2.24, 2.45) is 28.1 Å². The van der Waals surface area contributed by atoms with Gasteiger partial charge in [-0.2, -0.15) is 10.1 Å². The average Bonchev–Trinajstić information content (AvgIpc) is 1.05. The van der Waals surface area contributed by atoms with Crippen molar-refractivity contribution in [2.45, 2.75) is 250 Å². The molecule has 0 bridgehead atoms. The van der Waals surface area contributed by atoms with E-state index in [1.54, 1.807) is 33.9 Å². The van der Waals surface area contributed by atoms with Crippen molar-refractivity contribution in [1.82, 2.24) is 10.1 Å². The molecule has 19 heteroatoms. The zero-order valence-corrected chi connectivity index (χ0v) is 56.4. The van der Waals surface area contributed by atoms with Gasteiger partial charge in [0.05, 0.1) is 28.8 Å². The fourth-order valence-electron chi connectivity index (χ4n) is 9.21. The van der Waals surface area contributed by atoms with E-state index in [-0.39, 0.29) is 68.7 Å². The number of esters is 5. The number of carbonyl (C=O) groups is 5. The molecule has 490 valence electrons. The summed E-state index contributed by atoms with van der Waals surface area (Å²) in [6.07, 6.45) is 7.72. The number of aliphatic hydroxyl groups is 1. The van der Waals surface area contributed by atoms with Crippen LogP contribution in [0.25, 0.3) is 0 Å². The third-order valence-electron chi connectivity index (χ3n) is 16.3. The molecule has 2 aliphatic rings. The Labute approximate surface area is 515 Å². The highest BCUT2D eigenvalue weighted by Crippen LogP contribution is 2.41. The van der Waals surface area contributed by atoms with Crippen LogP contribution in [-0.4, -0.2) is 150 Å². The fraction of sp³-hybridized carbons (Fsp3) is 0.716. The lowest BCUT2D eigenvalue weighted by Gasteiger charge is -2.50. The molecule has 0 saturated carbocycles. The number of hydrogen-bond donors (Lipinski definition) is 3. The molecule has 86 heavy (non-hydrogen) atoms. The third-order valence-corrected chi connectivity index (χ3v) is 16.3. The summed E-state index contributed by atoms with van der Waals surface area (Å²) < 4.78 is 28.3. The zero-order chi connectivity index (χ0) is 66.3. The first kappa shape index (κ1) is 78.5. The molecule has 2 fully saturated rings. The van der Waals surface area contributed by atoms with Crippen molar-refractivity contribution >= 4 is 42.3 Å². The quantitative estimate of drug-likeness (QED) is 0.0168. The lowest BCUT2D eigenvalue weighted by atomic mass is 9.75. The minimum atomic E-state index is -1.06. The molecule has 4 rings (SSSR count). The lowest BCUT2D eigenvalue weighted by molar-refractivity contribution is -0.539. The van der Waals surface area contributed by atoms with Gasteiger partial charge in [0.25, 0.3) is 0 Å². The predicted octanol–water partition coefficient (Wildman–Crippen LogP) is 12.3. The Morgan fingerprint density at radius 2 is 1.01 bits per heavy atom. The van der Waals surface area contributed by atoms with Crippen LogP contribution in [0.1, 0.15) is 221 Å². The predicted molar refractivity (Wildman–Crippen MR) is 336 cm³/mol. The van der Waals surface area contributed by atoms with Gasteiger partial charge in [0.2, 0.25) is 5.54 Å². The van der Waals surface area contributed by atoms with Gasteiger partial charge in [0, 0.05) is 72.3 Å². The SMILES string of the molecule is CCC(C)(C)C(=O)OCC(C)(C)/[N+]([O-])=C/c1ccccc1.CCC(C)(C)C(=O)OCC(O)COC(=O)C1CC(C)(C)N(O)C(C)(C)C1.CCC(C)(C)C(=O)OCCCC(=O)OC1CC(C)(C)N(O)C(C)(C)C1.CCC(C)C/[N+]([O-])=C/c1ccccc1. The van der Waals surface area contributed by atoms with Crippen LogP contribution in [0.3, 0.4) is 0 Å². The van der Waals surface area contributed by atoms with E-state index in [2.05, 4.69) is 13.8 Å². The molecule has 0 aromatic heterocycles. The third kappa shape index (κ3) is 26.9. The maximum absolute atomic E-state index is 12.4. The molecule has 2 heterocycles. The second-order valence-electron chi connectivity index (χ2n) is 28.2. The molecule has 0 aliphatic carbocycles. The van der Waals surface area contributed by atoms with Crippen molar-refractivity contribution in [1.29, 1.82) is 0 Å². The molecule has 2 atom stereocenters. The first-order chi connectivity index (χ1) is 39.4. The number of hydroxylamine groups is 6. The van der Waals surface area contributed by atoms with E-state index in [0.29, 0.717) is 63.8 Å². The number of ether oxygens (including phenoxy) is 5. The van der Waals surface area contributed by atoms with Gasteiger partial charge in [0.1, 0.15) is 25.4 Å². The summed E-state index contributed by atoms with van der Waals surface area (Å²) in [5.74, 6) is -1.49. The van der Waals surface area contributed by atoms with Gasteiger partial charge in [-0.05, 0) is 166 Å². The number of benzene rings is 2. The summed E-state index contributed by atoms with van der Waals surface area (Å²) in [4.78, 5) is 60.2. The summed E-state index contributed by atoms with van der Waals surface area (Å²) in [6, 6.07) is 19.0. The van der Waals surface area contributed by atoms with E-state index >= 15 is 0 Å². The molecule has 2 saturated heterocycles. The van der Waals surface area contributed by atoms with Crippen LogP contribution in [0.15, 0.2) is 60.7 Å². The average molecular weight is 1210 g/mol.